The first-order valence-electron chi connectivity index (χ1n) is 35.8. The first kappa shape index (κ1) is 86.1. The molecule has 0 aromatic rings. The highest BCUT2D eigenvalue weighted by Gasteiger charge is 2.30. The molecular formula is C69H134O17P2. The molecule has 0 rings (SSSR count). The van der Waals surface area contributed by atoms with Crippen LogP contribution < -0.4 is 0 Å². The Balaban J connectivity index is 5.22. The van der Waals surface area contributed by atoms with Gasteiger partial charge >= 0.3 is 39.5 Å². The maximum absolute atomic E-state index is 13.0. The molecule has 0 fully saturated rings. The number of carbonyl (C=O) groups is 4. The Morgan fingerprint density at radius 3 is 0.807 bits per heavy atom. The van der Waals surface area contributed by atoms with E-state index >= 15 is 0 Å². The van der Waals surface area contributed by atoms with Crippen molar-refractivity contribution in [3.8, 4) is 0 Å². The Kier molecular flexibility index (Phi) is 57.6. The smallest absolute Gasteiger partial charge is 0.462 e. The standard InChI is InChI=1S/C69H134O17P2/c1-9-60(6)46-38-30-22-18-16-14-12-13-15-17-19-23-35-43-51-68(73)85-64(55-79-66(71)49-41-33-24-20-21-29-37-45-59(4)5)57-83-87(75,76)81-53-63(70)54-82-88(77,78)84-58-65(86-69(74)52-44-36-28-26-32-40-48-62(8)11-3)56-80-67(72)50-42-34-27-25-31-39-47-61(7)10-2/h59-65,70H,9-58H2,1-8H3,(H,75,76)(H,77,78)/t60?,61?,62?,63-,64-,65-/m1/s1. The van der Waals surface area contributed by atoms with Crippen LogP contribution in [0.1, 0.15) is 338 Å². The fourth-order valence-electron chi connectivity index (χ4n) is 10.2. The molecule has 522 valence electrons. The molecule has 0 radical (unpaired) electrons. The van der Waals surface area contributed by atoms with E-state index in [1.165, 1.54) is 128 Å². The van der Waals surface area contributed by atoms with E-state index in [1.54, 1.807) is 0 Å². The third kappa shape index (κ3) is 59.1. The highest BCUT2D eigenvalue weighted by atomic mass is 31.2. The molecule has 8 atom stereocenters. The third-order valence-corrected chi connectivity index (χ3v) is 18.8. The molecule has 0 bridgehead atoms. The molecule has 0 saturated heterocycles. The van der Waals surface area contributed by atoms with Gasteiger partial charge in [0.2, 0.25) is 0 Å². The van der Waals surface area contributed by atoms with Crippen LogP contribution in [0, 0.1) is 23.7 Å². The fourth-order valence-corrected chi connectivity index (χ4v) is 11.8. The summed E-state index contributed by atoms with van der Waals surface area (Å²) in [6.45, 7) is 14.0. The topological polar surface area (TPSA) is 237 Å². The number of ether oxygens (including phenoxy) is 4. The Hall–Kier alpha value is -1.94. The monoisotopic (exact) mass is 1300 g/mol. The number of esters is 4. The Bertz CT molecular complexity index is 1750. The van der Waals surface area contributed by atoms with Crippen molar-refractivity contribution in [2.75, 3.05) is 39.6 Å². The molecule has 0 spiro atoms. The van der Waals surface area contributed by atoms with Crippen LogP contribution in [0.3, 0.4) is 0 Å². The second kappa shape index (κ2) is 58.8. The summed E-state index contributed by atoms with van der Waals surface area (Å²) in [5, 5.41) is 10.6. The van der Waals surface area contributed by atoms with Gasteiger partial charge in [0, 0.05) is 25.7 Å². The van der Waals surface area contributed by atoms with Crippen LogP contribution in [-0.4, -0.2) is 96.7 Å². The van der Waals surface area contributed by atoms with Gasteiger partial charge < -0.3 is 33.8 Å². The zero-order chi connectivity index (χ0) is 65.4. The van der Waals surface area contributed by atoms with Gasteiger partial charge in [0.25, 0.3) is 0 Å². The maximum Gasteiger partial charge on any atom is 0.472 e. The van der Waals surface area contributed by atoms with Crippen LogP contribution in [0.15, 0.2) is 0 Å². The normalized spacial score (nSPS) is 15.2. The summed E-state index contributed by atoms with van der Waals surface area (Å²) in [7, 11) is -9.90. The van der Waals surface area contributed by atoms with Gasteiger partial charge in [-0.1, -0.05) is 287 Å². The number of hydrogen-bond donors (Lipinski definition) is 3. The van der Waals surface area contributed by atoms with Gasteiger partial charge in [-0.05, 0) is 49.4 Å². The van der Waals surface area contributed by atoms with E-state index in [2.05, 4.69) is 55.4 Å². The predicted molar refractivity (Wildman–Crippen MR) is 354 cm³/mol. The molecule has 17 nitrogen and oxygen atoms in total. The molecule has 3 N–H and O–H groups in total. The van der Waals surface area contributed by atoms with Crippen LogP contribution in [0.5, 0.6) is 0 Å². The molecule has 0 aliphatic carbocycles. The summed E-state index contributed by atoms with van der Waals surface area (Å²) < 4.78 is 68.2. The zero-order valence-electron chi connectivity index (χ0n) is 57.3. The molecule has 0 aromatic carbocycles. The summed E-state index contributed by atoms with van der Waals surface area (Å²) in [6, 6.07) is 0. The number of phosphoric acid groups is 2. The average Bonchev–Trinajstić information content (AvgIpc) is 3.54. The van der Waals surface area contributed by atoms with E-state index in [9.17, 15) is 43.2 Å². The fraction of sp³-hybridized carbons (Fsp3) is 0.942. The third-order valence-electron chi connectivity index (χ3n) is 16.9. The first-order valence-corrected chi connectivity index (χ1v) is 38.8. The second-order valence-corrected chi connectivity index (χ2v) is 29.0. The minimum atomic E-state index is -4.95. The number of phosphoric ester groups is 2. The van der Waals surface area contributed by atoms with Crippen molar-refractivity contribution in [1.82, 2.24) is 0 Å². The summed E-state index contributed by atoms with van der Waals surface area (Å²) in [5.41, 5.74) is 0. The molecule has 88 heavy (non-hydrogen) atoms. The molecule has 0 saturated carbocycles. The molecule has 19 heteroatoms. The van der Waals surface area contributed by atoms with Crippen LogP contribution >= 0.6 is 15.6 Å². The number of aliphatic hydroxyl groups excluding tert-OH is 1. The minimum Gasteiger partial charge on any atom is -0.462 e. The van der Waals surface area contributed by atoms with Crippen molar-refractivity contribution in [1.29, 1.82) is 0 Å². The van der Waals surface area contributed by atoms with Crippen molar-refractivity contribution in [2.45, 2.75) is 356 Å². The van der Waals surface area contributed by atoms with Crippen LogP contribution in [-0.2, 0) is 65.4 Å². The van der Waals surface area contributed by atoms with Gasteiger partial charge in [-0.25, -0.2) is 9.13 Å². The Morgan fingerprint density at radius 2 is 0.545 bits per heavy atom. The van der Waals surface area contributed by atoms with Gasteiger partial charge in [0.05, 0.1) is 26.4 Å². The largest absolute Gasteiger partial charge is 0.472 e. The van der Waals surface area contributed by atoms with Gasteiger partial charge in [-0.15, -0.1) is 0 Å². The quantitative estimate of drug-likeness (QED) is 0.0222. The number of hydrogen-bond acceptors (Lipinski definition) is 15. The second-order valence-electron chi connectivity index (χ2n) is 26.1. The van der Waals surface area contributed by atoms with E-state index in [0.29, 0.717) is 31.6 Å². The number of unbranched alkanes of at least 4 members (excludes halogenated alkanes) is 29. The van der Waals surface area contributed by atoms with Gasteiger partial charge in [0.15, 0.2) is 12.2 Å². The van der Waals surface area contributed by atoms with Gasteiger partial charge in [-0.3, -0.25) is 37.3 Å². The van der Waals surface area contributed by atoms with Gasteiger partial charge in [0.1, 0.15) is 19.3 Å². The van der Waals surface area contributed by atoms with E-state index in [0.717, 1.165) is 120 Å². The molecule has 0 heterocycles. The minimum absolute atomic E-state index is 0.101. The van der Waals surface area contributed by atoms with E-state index in [1.807, 2.05) is 0 Å². The molecular weight excluding hydrogens is 1160 g/mol. The lowest BCUT2D eigenvalue weighted by molar-refractivity contribution is -0.161. The van der Waals surface area contributed by atoms with Gasteiger partial charge in [-0.2, -0.15) is 0 Å². The molecule has 0 amide bonds. The molecule has 0 aliphatic rings. The average molecular weight is 1300 g/mol. The molecule has 0 aromatic heterocycles. The lowest BCUT2D eigenvalue weighted by atomic mass is 9.99. The summed E-state index contributed by atoms with van der Waals surface area (Å²) in [6.07, 6.45) is 40.4. The van der Waals surface area contributed by atoms with Crippen molar-refractivity contribution >= 4 is 39.5 Å². The van der Waals surface area contributed by atoms with E-state index in [4.69, 9.17) is 37.0 Å². The van der Waals surface area contributed by atoms with E-state index < -0.39 is 97.5 Å². The maximum atomic E-state index is 13.0. The highest BCUT2D eigenvalue weighted by Crippen LogP contribution is 2.45. The van der Waals surface area contributed by atoms with Crippen molar-refractivity contribution < 1.29 is 80.2 Å². The highest BCUT2D eigenvalue weighted by molar-refractivity contribution is 7.47. The SMILES string of the molecule is CCC(C)CCCCCCCCCCCCCCCCC(=O)O[C@H](COC(=O)CCCCCCCCCC(C)C)COP(=O)(O)OC[C@@H](O)COP(=O)(O)OC[C@@H](COC(=O)CCCCCCCCC(C)CC)OC(=O)CCCCCCCCC(C)CC. The lowest BCUT2D eigenvalue weighted by Gasteiger charge is -2.21. The predicted octanol–water partition coefficient (Wildman–Crippen LogP) is 19.3. The van der Waals surface area contributed by atoms with Crippen molar-refractivity contribution in [3.05, 3.63) is 0 Å². The number of aliphatic hydroxyl groups is 1. The van der Waals surface area contributed by atoms with Crippen LogP contribution in [0.4, 0.5) is 0 Å². The van der Waals surface area contributed by atoms with Crippen LogP contribution in [0.25, 0.3) is 0 Å². The summed E-state index contributed by atoms with van der Waals surface area (Å²) >= 11 is 0. The summed E-state index contributed by atoms with van der Waals surface area (Å²) in [4.78, 5) is 72.4. The first-order chi connectivity index (χ1) is 42.2. The van der Waals surface area contributed by atoms with E-state index in [-0.39, 0.29) is 25.7 Å². The summed E-state index contributed by atoms with van der Waals surface area (Å²) in [5.74, 6) is 0.866. The Labute approximate surface area is 537 Å². The molecule has 0 aliphatic heterocycles. The zero-order valence-corrected chi connectivity index (χ0v) is 59.1. The lowest BCUT2D eigenvalue weighted by Crippen LogP contribution is -2.30. The van der Waals surface area contributed by atoms with Crippen LogP contribution in [0.2, 0.25) is 0 Å². The van der Waals surface area contributed by atoms with Crippen molar-refractivity contribution in [3.63, 3.8) is 0 Å². The Morgan fingerprint density at radius 1 is 0.318 bits per heavy atom. The number of carbonyl (C=O) groups excluding carboxylic acids is 4. The molecule has 5 unspecified atom stereocenters. The number of rotatable bonds is 66. The van der Waals surface area contributed by atoms with Crippen molar-refractivity contribution in [2.24, 2.45) is 23.7 Å².